The van der Waals surface area contributed by atoms with Gasteiger partial charge in [0.05, 0.1) is 11.3 Å². The van der Waals surface area contributed by atoms with E-state index >= 15 is 0 Å². The lowest BCUT2D eigenvalue weighted by Crippen LogP contribution is -2.12. The second kappa shape index (κ2) is 3.81. The molecular formula is C8H8ClFN2O. The number of pyridine rings is 1. The molecule has 0 aromatic carbocycles. The van der Waals surface area contributed by atoms with Gasteiger partial charge in [-0.15, -0.1) is 0 Å². The maximum Gasteiger partial charge on any atom is 0.334 e. The molecular weight excluding hydrogens is 195 g/mol. The highest BCUT2D eigenvalue weighted by Gasteiger charge is 2.15. The van der Waals surface area contributed by atoms with E-state index in [-0.39, 0.29) is 16.4 Å². The molecule has 0 amide bonds. The Labute approximate surface area is 79.7 Å². The number of nitrogens with zero attached hydrogens (tertiary/aromatic N) is 1. The van der Waals surface area contributed by atoms with E-state index in [0.717, 1.165) is 0 Å². The first-order valence-corrected chi connectivity index (χ1v) is 4.02. The molecule has 1 aromatic rings. The van der Waals surface area contributed by atoms with Crippen molar-refractivity contribution < 1.29 is 9.18 Å². The summed E-state index contributed by atoms with van der Waals surface area (Å²) in [4.78, 5) is 14.3. The Bertz CT molecular complexity index is 341. The molecule has 1 unspecified atom stereocenters. The Hall–Kier alpha value is -1.00. The smallest absolute Gasteiger partial charge is 0.323 e. The zero-order valence-corrected chi connectivity index (χ0v) is 7.68. The SMILES string of the molecule is CC(N)c1nc(Cl)ccc1C(=O)F. The average Bonchev–Trinajstić information content (AvgIpc) is 2.03. The first kappa shape index (κ1) is 10.1. The van der Waals surface area contributed by atoms with Crippen molar-refractivity contribution in [2.45, 2.75) is 13.0 Å². The van der Waals surface area contributed by atoms with Gasteiger partial charge in [0.15, 0.2) is 0 Å². The van der Waals surface area contributed by atoms with Crippen molar-refractivity contribution in [3.8, 4) is 0 Å². The van der Waals surface area contributed by atoms with Gasteiger partial charge in [-0.2, -0.15) is 4.39 Å². The number of halogens is 2. The molecule has 0 spiro atoms. The molecule has 3 nitrogen and oxygen atoms in total. The van der Waals surface area contributed by atoms with Crippen LogP contribution in [0.1, 0.15) is 29.0 Å². The normalized spacial score (nSPS) is 12.6. The molecule has 0 aliphatic carbocycles. The van der Waals surface area contributed by atoms with Gasteiger partial charge in [0.25, 0.3) is 0 Å². The standard InChI is InChI=1S/C8H8ClFN2O/c1-4(11)7-5(8(10)13)2-3-6(9)12-7/h2-4H,11H2,1H3. The summed E-state index contributed by atoms with van der Waals surface area (Å²) in [7, 11) is 0. The molecule has 1 rings (SSSR count). The van der Waals surface area contributed by atoms with Crippen molar-refractivity contribution >= 4 is 17.6 Å². The van der Waals surface area contributed by atoms with Gasteiger partial charge < -0.3 is 5.73 Å². The summed E-state index contributed by atoms with van der Waals surface area (Å²) >= 11 is 5.57. The van der Waals surface area contributed by atoms with Crippen LogP contribution in [0.25, 0.3) is 0 Å². The van der Waals surface area contributed by atoms with Crippen LogP contribution in [0.2, 0.25) is 5.15 Å². The Morgan fingerprint density at radius 3 is 2.77 bits per heavy atom. The second-order valence-electron chi connectivity index (χ2n) is 2.63. The van der Waals surface area contributed by atoms with Gasteiger partial charge in [0.1, 0.15) is 5.15 Å². The van der Waals surface area contributed by atoms with Crippen molar-refractivity contribution in [3.63, 3.8) is 0 Å². The number of rotatable bonds is 2. The summed E-state index contributed by atoms with van der Waals surface area (Å²) < 4.78 is 12.4. The number of hydrogen-bond acceptors (Lipinski definition) is 3. The largest absolute Gasteiger partial charge is 0.334 e. The van der Waals surface area contributed by atoms with Crippen LogP contribution >= 0.6 is 11.6 Å². The fourth-order valence-electron chi connectivity index (χ4n) is 0.963. The van der Waals surface area contributed by atoms with Crippen molar-refractivity contribution in [2.24, 2.45) is 5.73 Å². The topological polar surface area (TPSA) is 56.0 Å². The third-order valence-corrected chi connectivity index (χ3v) is 1.74. The minimum absolute atomic E-state index is 0.126. The Balaban J connectivity index is 3.26. The van der Waals surface area contributed by atoms with E-state index in [2.05, 4.69) is 4.98 Å². The lowest BCUT2D eigenvalue weighted by molar-refractivity contribution is 0.0834. The van der Waals surface area contributed by atoms with Gasteiger partial charge in [-0.1, -0.05) is 11.6 Å². The molecule has 1 heterocycles. The molecule has 0 fully saturated rings. The van der Waals surface area contributed by atoms with E-state index in [1.165, 1.54) is 12.1 Å². The molecule has 1 aromatic heterocycles. The average molecular weight is 203 g/mol. The Kier molecular flexibility index (Phi) is 2.95. The molecule has 0 saturated heterocycles. The van der Waals surface area contributed by atoms with E-state index in [1.807, 2.05) is 0 Å². The highest BCUT2D eigenvalue weighted by molar-refractivity contribution is 6.29. The van der Waals surface area contributed by atoms with Crippen LogP contribution < -0.4 is 5.73 Å². The molecule has 0 saturated carbocycles. The highest BCUT2D eigenvalue weighted by atomic mass is 35.5. The highest BCUT2D eigenvalue weighted by Crippen LogP contribution is 2.17. The zero-order chi connectivity index (χ0) is 10.0. The first-order valence-electron chi connectivity index (χ1n) is 3.64. The summed E-state index contributed by atoms with van der Waals surface area (Å²) in [6.07, 6.45) is 0. The molecule has 2 N–H and O–H groups in total. The van der Waals surface area contributed by atoms with Gasteiger partial charge in [0, 0.05) is 6.04 Å². The second-order valence-corrected chi connectivity index (χ2v) is 3.02. The lowest BCUT2D eigenvalue weighted by atomic mass is 10.1. The molecule has 1 atom stereocenters. The van der Waals surface area contributed by atoms with Crippen molar-refractivity contribution in [1.82, 2.24) is 4.98 Å². The molecule has 0 aliphatic heterocycles. The minimum Gasteiger partial charge on any atom is -0.323 e. The monoisotopic (exact) mass is 202 g/mol. The summed E-state index contributed by atoms with van der Waals surface area (Å²) in [5, 5.41) is 0.192. The number of carbonyl (C=O) groups excluding carboxylic acids is 1. The van der Waals surface area contributed by atoms with Crippen LogP contribution in [0.3, 0.4) is 0 Å². The molecule has 70 valence electrons. The van der Waals surface area contributed by atoms with Gasteiger partial charge in [-0.25, -0.2) is 4.98 Å². The molecule has 0 bridgehead atoms. The van der Waals surface area contributed by atoms with Gasteiger partial charge in [-0.05, 0) is 19.1 Å². The Morgan fingerprint density at radius 2 is 2.31 bits per heavy atom. The fraction of sp³-hybridized carbons (Fsp3) is 0.250. The minimum atomic E-state index is -1.54. The van der Waals surface area contributed by atoms with Crippen LogP contribution in [0, 0.1) is 0 Å². The summed E-state index contributed by atoms with van der Waals surface area (Å²) in [5.74, 6) is 0. The number of carbonyl (C=O) groups is 1. The summed E-state index contributed by atoms with van der Waals surface area (Å²) in [5.41, 5.74) is 5.54. The van der Waals surface area contributed by atoms with E-state index in [4.69, 9.17) is 17.3 Å². The number of hydrogen-bond donors (Lipinski definition) is 1. The molecule has 0 radical (unpaired) electrons. The number of nitrogens with two attached hydrogens (primary N) is 1. The predicted octanol–water partition coefficient (Wildman–Crippen LogP) is 1.86. The van der Waals surface area contributed by atoms with E-state index in [0.29, 0.717) is 0 Å². The van der Waals surface area contributed by atoms with Gasteiger partial charge in [-0.3, -0.25) is 4.79 Å². The zero-order valence-electron chi connectivity index (χ0n) is 6.92. The van der Waals surface area contributed by atoms with Crippen molar-refractivity contribution in [1.29, 1.82) is 0 Å². The quantitative estimate of drug-likeness (QED) is 0.588. The predicted molar refractivity (Wildman–Crippen MR) is 47.3 cm³/mol. The van der Waals surface area contributed by atoms with Crippen molar-refractivity contribution in [2.75, 3.05) is 0 Å². The van der Waals surface area contributed by atoms with E-state index in [9.17, 15) is 9.18 Å². The maximum atomic E-state index is 12.4. The van der Waals surface area contributed by atoms with Crippen LogP contribution in [-0.2, 0) is 0 Å². The maximum absolute atomic E-state index is 12.4. The number of aromatic nitrogens is 1. The molecule has 0 aliphatic rings. The van der Waals surface area contributed by atoms with Crippen molar-refractivity contribution in [3.05, 3.63) is 28.5 Å². The first-order chi connectivity index (χ1) is 6.02. The molecule has 13 heavy (non-hydrogen) atoms. The van der Waals surface area contributed by atoms with Crippen LogP contribution in [0.15, 0.2) is 12.1 Å². The molecule has 5 heteroatoms. The van der Waals surface area contributed by atoms with E-state index in [1.54, 1.807) is 6.92 Å². The van der Waals surface area contributed by atoms with Crippen LogP contribution in [-0.4, -0.2) is 11.0 Å². The summed E-state index contributed by atoms with van der Waals surface area (Å²) in [6.45, 7) is 1.60. The fourth-order valence-corrected chi connectivity index (χ4v) is 1.12. The lowest BCUT2D eigenvalue weighted by Gasteiger charge is -2.07. The summed E-state index contributed by atoms with van der Waals surface area (Å²) in [6, 6.07) is 0.557. The third-order valence-electron chi connectivity index (χ3n) is 1.53. The van der Waals surface area contributed by atoms with Crippen LogP contribution in [0.5, 0.6) is 0 Å². The third kappa shape index (κ3) is 2.23. The van der Waals surface area contributed by atoms with Gasteiger partial charge >= 0.3 is 6.04 Å². The van der Waals surface area contributed by atoms with E-state index < -0.39 is 12.1 Å². The van der Waals surface area contributed by atoms with Crippen LogP contribution in [0.4, 0.5) is 4.39 Å². The van der Waals surface area contributed by atoms with Gasteiger partial charge in [0.2, 0.25) is 0 Å². The Morgan fingerprint density at radius 1 is 1.69 bits per heavy atom.